The number of furan rings is 1. The molecule has 0 fully saturated rings. The Kier molecular flexibility index (Phi) is 6.47. The fraction of sp³-hybridized carbons (Fsp3) is 0.111. The van der Waals surface area contributed by atoms with Gasteiger partial charge in [-0.05, 0) is 67.1 Å². The molecule has 1 aliphatic heterocycles. The molecule has 1 N–H and O–H groups in total. The number of anilines is 3. The minimum atomic E-state index is -0.299. The van der Waals surface area contributed by atoms with Gasteiger partial charge in [0.05, 0.1) is 22.9 Å². The van der Waals surface area contributed by atoms with Crippen LogP contribution in [0.4, 0.5) is 17.1 Å². The predicted molar refractivity (Wildman–Crippen MR) is 137 cm³/mol. The number of hydrogen-bond donors (Lipinski definition) is 1. The standard InChI is InChI=1S/C27H22N2O3S2/c1-2-23(33-19-15-13-18(14-16-19)28-26(30)22-10-7-17-32-22)27(31)29-20-8-3-5-11-24(20)34-25-12-6-4-9-21(25)29/h3-17,23H,2H2,1H3,(H,28,30). The molecule has 170 valence electrons. The first-order valence-electron chi connectivity index (χ1n) is 11.0. The molecule has 1 unspecified atom stereocenters. The maximum absolute atomic E-state index is 13.8. The summed E-state index contributed by atoms with van der Waals surface area (Å²) >= 11 is 3.23. The van der Waals surface area contributed by atoms with Gasteiger partial charge in [-0.25, -0.2) is 0 Å². The Balaban J connectivity index is 1.35. The zero-order chi connectivity index (χ0) is 23.5. The van der Waals surface area contributed by atoms with Gasteiger partial charge in [0.15, 0.2) is 5.76 Å². The third-order valence-electron chi connectivity index (χ3n) is 5.43. The molecular formula is C27H22N2O3S2. The van der Waals surface area contributed by atoms with Crippen molar-refractivity contribution in [3.8, 4) is 0 Å². The Hall–Kier alpha value is -3.42. The minimum Gasteiger partial charge on any atom is -0.459 e. The van der Waals surface area contributed by atoms with E-state index < -0.39 is 0 Å². The molecule has 0 spiro atoms. The number of amides is 2. The second-order valence-corrected chi connectivity index (χ2v) is 10.0. The first-order chi connectivity index (χ1) is 16.6. The summed E-state index contributed by atoms with van der Waals surface area (Å²) < 4.78 is 5.13. The van der Waals surface area contributed by atoms with Gasteiger partial charge in [0, 0.05) is 20.4 Å². The molecule has 1 aromatic heterocycles. The van der Waals surface area contributed by atoms with Crippen molar-refractivity contribution in [3.05, 3.63) is 97.0 Å². The van der Waals surface area contributed by atoms with E-state index in [-0.39, 0.29) is 22.8 Å². The van der Waals surface area contributed by atoms with Crippen LogP contribution in [0.25, 0.3) is 0 Å². The molecular weight excluding hydrogens is 464 g/mol. The van der Waals surface area contributed by atoms with Gasteiger partial charge in [0.1, 0.15) is 0 Å². The number of nitrogens with one attached hydrogen (secondary N) is 1. The molecule has 0 radical (unpaired) electrons. The predicted octanol–water partition coefficient (Wildman–Crippen LogP) is 7.23. The van der Waals surface area contributed by atoms with Gasteiger partial charge in [0.25, 0.3) is 5.91 Å². The molecule has 5 nitrogen and oxygen atoms in total. The van der Waals surface area contributed by atoms with E-state index >= 15 is 0 Å². The molecule has 5 rings (SSSR count). The summed E-state index contributed by atoms with van der Waals surface area (Å²) in [5, 5.41) is 2.56. The largest absolute Gasteiger partial charge is 0.459 e. The molecule has 0 bridgehead atoms. The maximum Gasteiger partial charge on any atom is 0.291 e. The summed E-state index contributed by atoms with van der Waals surface area (Å²) in [6.07, 6.45) is 2.16. The lowest BCUT2D eigenvalue weighted by Gasteiger charge is -2.33. The third kappa shape index (κ3) is 4.49. The molecule has 0 saturated heterocycles. The third-order valence-corrected chi connectivity index (χ3v) is 7.93. The van der Waals surface area contributed by atoms with Crippen molar-refractivity contribution in [1.29, 1.82) is 0 Å². The Bertz CT molecular complexity index is 1270. The van der Waals surface area contributed by atoms with E-state index in [4.69, 9.17) is 4.42 Å². The highest BCUT2D eigenvalue weighted by Crippen LogP contribution is 2.48. The van der Waals surface area contributed by atoms with Crippen LogP contribution in [0.5, 0.6) is 0 Å². The van der Waals surface area contributed by atoms with Crippen molar-refractivity contribution in [2.45, 2.75) is 33.3 Å². The van der Waals surface area contributed by atoms with Crippen molar-refractivity contribution in [1.82, 2.24) is 0 Å². The first kappa shape index (κ1) is 22.4. The molecule has 0 aliphatic carbocycles. The van der Waals surface area contributed by atoms with Crippen molar-refractivity contribution in [2.24, 2.45) is 0 Å². The van der Waals surface area contributed by atoms with Crippen LogP contribution in [-0.4, -0.2) is 17.1 Å². The van der Waals surface area contributed by atoms with Crippen molar-refractivity contribution in [2.75, 3.05) is 10.2 Å². The van der Waals surface area contributed by atoms with E-state index in [1.807, 2.05) is 72.5 Å². The van der Waals surface area contributed by atoms with Crippen LogP contribution in [0, 0.1) is 0 Å². The summed E-state index contributed by atoms with van der Waals surface area (Å²) in [6.45, 7) is 2.03. The number of nitrogens with zero attached hydrogens (tertiary/aromatic N) is 1. The highest BCUT2D eigenvalue weighted by Gasteiger charge is 2.32. The first-order valence-corrected chi connectivity index (χ1v) is 12.6. The van der Waals surface area contributed by atoms with E-state index in [2.05, 4.69) is 17.4 Å². The number of rotatable bonds is 6. The monoisotopic (exact) mass is 486 g/mol. The van der Waals surface area contributed by atoms with Crippen molar-refractivity contribution < 1.29 is 14.0 Å². The number of carbonyl (C=O) groups excluding carboxylic acids is 2. The fourth-order valence-corrected chi connectivity index (χ4v) is 5.83. The average molecular weight is 487 g/mol. The molecule has 4 aromatic rings. The Morgan fingerprint density at radius 1 is 0.912 bits per heavy atom. The smallest absolute Gasteiger partial charge is 0.291 e. The summed E-state index contributed by atoms with van der Waals surface area (Å²) in [6, 6.07) is 26.9. The van der Waals surface area contributed by atoms with Gasteiger partial charge in [-0.15, -0.1) is 11.8 Å². The summed E-state index contributed by atoms with van der Waals surface area (Å²) in [4.78, 5) is 31.0. The van der Waals surface area contributed by atoms with Gasteiger partial charge in [-0.1, -0.05) is 43.0 Å². The lowest BCUT2D eigenvalue weighted by molar-refractivity contribution is -0.117. The highest BCUT2D eigenvalue weighted by molar-refractivity contribution is 8.00. The summed E-state index contributed by atoms with van der Waals surface area (Å²) in [7, 11) is 0. The Morgan fingerprint density at radius 2 is 1.56 bits per heavy atom. The van der Waals surface area contributed by atoms with E-state index in [1.165, 1.54) is 18.0 Å². The van der Waals surface area contributed by atoms with E-state index in [1.54, 1.807) is 23.9 Å². The van der Waals surface area contributed by atoms with Crippen LogP contribution in [0.15, 0.2) is 110 Å². The van der Waals surface area contributed by atoms with Crippen molar-refractivity contribution >= 4 is 52.4 Å². The number of carbonyl (C=O) groups is 2. The molecule has 3 aromatic carbocycles. The van der Waals surface area contributed by atoms with E-state index in [0.29, 0.717) is 12.1 Å². The number of hydrogen-bond acceptors (Lipinski definition) is 5. The average Bonchev–Trinajstić information content (AvgIpc) is 3.42. The van der Waals surface area contributed by atoms with Crippen LogP contribution in [0.3, 0.4) is 0 Å². The molecule has 34 heavy (non-hydrogen) atoms. The molecule has 2 heterocycles. The summed E-state index contributed by atoms with van der Waals surface area (Å²) in [5.41, 5.74) is 2.51. The Labute approximate surface area is 206 Å². The van der Waals surface area contributed by atoms with Gasteiger partial charge < -0.3 is 9.73 Å². The van der Waals surface area contributed by atoms with E-state index in [0.717, 1.165) is 26.1 Å². The second kappa shape index (κ2) is 9.83. The normalized spacial score (nSPS) is 13.0. The number of fused-ring (bicyclic) bond motifs is 2. The molecule has 0 saturated carbocycles. The van der Waals surface area contributed by atoms with Gasteiger partial charge in [0.2, 0.25) is 5.91 Å². The van der Waals surface area contributed by atoms with Gasteiger partial charge in [-0.3, -0.25) is 14.5 Å². The van der Waals surface area contributed by atoms with Crippen LogP contribution in [0.1, 0.15) is 23.9 Å². The van der Waals surface area contributed by atoms with Gasteiger partial charge in [-0.2, -0.15) is 0 Å². The van der Waals surface area contributed by atoms with E-state index in [9.17, 15) is 9.59 Å². The zero-order valence-corrected chi connectivity index (χ0v) is 20.1. The van der Waals surface area contributed by atoms with Crippen molar-refractivity contribution in [3.63, 3.8) is 0 Å². The number of para-hydroxylation sites is 2. The quantitative estimate of drug-likeness (QED) is 0.291. The van der Waals surface area contributed by atoms with Crippen LogP contribution in [0.2, 0.25) is 0 Å². The number of benzene rings is 3. The summed E-state index contributed by atoms with van der Waals surface area (Å²) in [5.74, 6) is 0.0190. The molecule has 1 aliphatic rings. The second-order valence-electron chi connectivity index (χ2n) is 7.68. The van der Waals surface area contributed by atoms with Crippen LogP contribution < -0.4 is 10.2 Å². The molecule has 1 atom stereocenters. The lowest BCUT2D eigenvalue weighted by atomic mass is 10.2. The topological polar surface area (TPSA) is 62.6 Å². The Morgan fingerprint density at radius 3 is 2.15 bits per heavy atom. The minimum absolute atomic E-state index is 0.0582. The van der Waals surface area contributed by atoms with Crippen LogP contribution >= 0.6 is 23.5 Å². The molecule has 7 heteroatoms. The van der Waals surface area contributed by atoms with Crippen LogP contribution in [-0.2, 0) is 4.79 Å². The lowest BCUT2D eigenvalue weighted by Crippen LogP contribution is -2.35. The van der Waals surface area contributed by atoms with Gasteiger partial charge >= 0.3 is 0 Å². The fourth-order valence-electron chi connectivity index (χ4n) is 3.78. The zero-order valence-electron chi connectivity index (χ0n) is 18.4. The molecule has 2 amide bonds. The SMILES string of the molecule is CCC(Sc1ccc(NC(=O)c2ccco2)cc1)C(=O)N1c2ccccc2Sc2ccccc21. The highest BCUT2D eigenvalue weighted by atomic mass is 32.2. The number of thioether (sulfide) groups is 1. The maximum atomic E-state index is 13.8.